The molecule has 0 spiro atoms. The van der Waals surface area contributed by atoms with Crippen LogP contribution < -0.4 is 5.32 Å². The summed E-state index contributed by atoms with van der Waals surface area (Å²) in [6.07, 6.45) is 2.27. The summed E-state index contributed by atoms with van der Waals surface area (Å²) in [5.74, 6) is 0. The van der Waals surface area contributed by atoms with Gasteiger partial charge in [-0.25, -0.2) is 4.68 Å². The summed E-state index contributed by atoms with van der Waals surface area (Å²) in [6.45, 7) is 2.14. The standard InChI is InChI=1S/C11H13BrN4/c12-8-1-2-11-10(7-8)14-15-16(11)9-3-5-13-6-4-9/h1-2,7,9,13H,3-6H2. The van der Waals surface area contributed by atoms with Crippen LogP contribution in [-0.4, -0.2) is 28.1 Å². The average Bonchev–Trinajstić information content (AvgIpc) is 2.73. The van der Waals surface area contributed by atoms with Crippen LogP contribution in [0.3, 0.4) is 0 Å². The minimum atomic E-state index is 0.493. The first-order chi connectivity index (χ1) is 7.84. The zero-order chi connectivity index (χ0) is 11.0. The largest absolute Gasteiger partial charge is 0.317 e. The van der Waals surface area contributed by atoms with E-state index in [4.69, 9.17) is 0 Å². The average molecular weight is 281 g/mol. The molecule has 1 aliphatic heterocycles. The predicted octanol–water partition coefficient (Wildman–Crippen LogP) is 2.12. The van der Waals surface area contributed by atoms with Gasteiger partial charge in [0.05, 0.1) is 11.6 Å². The van der Waals surface area contributed by atoms with Gasteiger partial charge in [0.25, 0.3) is 0 Å². The number of nitrogens with one attached hydrogen (secondary N) is 1. The molecule has 5 heteroatoms. The van der Waals surface area contributed by atoms with Crippen LogP contribution in [0.25, 0.3) is 11.0 Å². The third kappa shape index (κ3) is 1.74. The maximum absolute atomic E-state index is 4.28. The van der Waals surface area contributed by atoms with Gasteiger partial charge in [-0.2, -0.15) is 0 Å². The summed E-state index contributed by atoms with van der Waals surface area (Å²) in [6, 6.07) is 6.64. The number of hydrogen-bond acceptors (Lipinski definition) is 3. The van der Waals surface area contributed by atoms with Crippen LogP contribution in [0.1, 0.15) is 18.9 Å². The summed E-state index contributed by atoms with van der Waals surface area (Å²) in [4.78, 5) is 0. The van der Waals surface area contributed by atoms with E-state index in [9.17, 15) is 0 Å². The highest BCUT2D eigenvalue weighted by Gasteiger charge is 2.18. The molecule has 2 heterocycles. The fraction of sp³-hybridized carbons (Fsp3) is 0.455. The Labute approximate surface area is 102 Å². The lowest BCUT2D eigenvalue weighted by molar-refractivity contribution is 0.345. The van der Waals surface area contributed by atoms with Crippen LogP contribution in [0.5, 0.6) is 0 Å². The Hall–Kier alpha value is -0.940. The Balaban J connectivity index is 2.03. The normalized spacial score (nSPS) is 18.1. The van der Waals surface area contributed by atoms with E-state index in [0.29, 0.717) is 6.04 Å². The van der Waals surface area contributed by atoms with Crippen LogP contribution in [-0.2, 0) is 0 Å². The number of hydrogen-bond donors (Lipinski definition) is 1. The van der Waals surface area contributed by atoms with E-state index in [1.807, 2.05) is 12.1 Å². The van der Waals surface area contributed by atoms with Gasteiger partial charge in [0.15, 0.2) is 0 Å². The van der Waals surface area contributed by atoms with Crippen molar-refractivity contribution in [1.82, 2.24) is 20.3 Å². The van der Waals surface area contributed by atoms with Crippen LogP contribution in [0.2, 0.25) is 0 Å². The zero-order valence-corrected chi connectivity index (χ0v) is 10.4. The Morgan fingerprint density at radius 2 is 2.12 bits per heavy atom. The molecule has 0 aliphatic carbocycles. The maximum atomic E-state index is 4.28. The van der Waals surface area contributed by atoms with Crippen molar-refractivity contribution >= 4 is 27.0 Å². The summed E-state index contributed by atoms with van der Waals surface area (Å²) in [7, 11) is 0. The van der Waals surface area contributed by atoms with Gasteiger partial charge in [-0.05, 0) is 44.1 Å². The van der Waals surface area contributed by atoms with Gasteiger partial charge >= 0.3 is 0 Å². The van der Waals surface area contributed by atoms with Gasteiger partial charge in [-0.1, -0.05) is 21.1 Å². The first kappa shape index (κ1) is 10.2. The molecule has 1 saturated heterocycles. The molecule has 84 valence electrons. The van der Waals surface area contributed by atoms with Crippen molar-refractivity contribution in [3.63, 3.8) is 0 Å². The van der Waals surface area contributed by atoms with E-state index in [1.165, 1.54) is 0 Å². The first-order valence-corrected chi connectivity index (χ1v) is 6.35. The number of rotatable bonds is 1. The lowest BCUT2D eigenvalue weighted by Crippen LogP contribution is -2.29. The molecule has 0 bridgehead atoms. The van der Waals surface area contributed by atoms with Crippen molar-refractivity contribution in [3.05, 3.63) is 22.7 Å². The van der Waals surface area contributed by atoms with Gasteiger partial charge in [0.1, 0.15) is 5.52 Å². The molecule has 0 unspecified atom stereocenters. The van der Waals surface area contributed by atoms with Crippen LogP contribution in [0, 0.1) is 0 Å². The molecular weight excluding hydrogens is 268 g/mol. The van der Waals surface area contributed by atoms with E-state index < -0.39 is 0 Å². The highest BCUT2D eigenvalue weighted by Crippen LogP contribution is 2.24. The molecule has 2 aromatic rings. The van der Waals surface area contributed by atoms with Crippen molar-refractivity contribution < 1.29 is 0 Å². The molecule has 3 rings (SSSR count). The number of piperidine rings is 1. The maximum Gasteiger partial charge on any atom is 0.114 e. The van der Waals surface area contributed by atoms with Crippen molar-refractivity contribution in [2.75, 3.05) is 13.1 Å². The number of benzene rings is 1. The lowest BCUT2D eigenvalue weighted by atomic mass is 10.1. The first-order valence-electron chi connectivity index (χ1n) is 5.56. The molecule has 4 nitrogen and oxygen atoms in total. The Kier molecular flexibility index (Phi) is 2.65. The quantitative estimate of drug-likeness (QED) is 0.870. The van der Waals surface area contributed by atoms with Crippen molar-refractivity contribution in [2.24, 2.45) is 0 Å². The van der Waals surface area contributed by atoms with E-state index in [1.54, 1.807) is 0 Å². The van der Waals surface area contributed by atoms with E-state index in [0.717, 1.165) is 41.4 Å². The summed E-state index contributed by atoms with van der Waals surface area (Å²) >= 11 is 3.45. The van der Waals surface area contributed by atoms with Crippen LogP contribution in [0.4, 0.5) is 0 Å². The van der Waals surface area contributed by atoms with Gasteiger partial charge in [0, 0.05) is 4.47 Å². The molecule has 1 aromatic carbocycles. The Bertz CT molecular complexity index is 502. The van der Waals surface area contributed by atoms with E-state index in [-0.39, 0.29) is 0 Å². The van der Waals surface area contributed by atoms with Gasteiger partial charge in [-0.3, -0.25) is 0 Å². The van der Waals surface area contributed by atoms with Crippen LogP contribution in [0.15, 0.2) is 22.7 Å². The molecule has 0 amide bonds. The predicted molar refractivity (Wildman–Crippen MR) is 66.4 cm³/mol. The third-order valence-electron chi connectivity index (χ3n) is 3.09. The van der Waals surface area contributed by atoms with Crippen molar-refractivity contribution in [2.45, 2.75) is 18.9 Å². The van der Waals surface area contributed by atoms with Gasteiger partial charge in [-0.15, -0.1) is 5.10 Å². The summed E-state index contributed by atoms with van der Waals surface area (Å²) in [5, 5.41) is 11.9. The molecule has 1 aromatic heterocycles. The van der Waals surface area contributed by atoms with E-state index in [2.05, 4.69) is 42.3 Å². The second-order valence-corrected chi connectivity index (χ2v) is 5.06. The molecule has 0 atom stereocenters. The number of nitrogens with zero attached hydrogens (tertiary/aromatic N) is 3. The fourth-order valence-electron chi connectivity index (χ4n) is 2.24. The number of halogens is 1. The fourth-order valence-corrected chi connectivity index (χ4v) is 2.58. The van der Waals surface area contributed by atoms with Gasteiger partial charge < -0.3 is 5.32 Å². The minimum Gasteiger partial charge on any atom is -0.317 e. The number of fused-ring (bicyclic) bond motifs is 1. The second-order valence-electron chi connectivity index (χ2n) is 4.15. The number of aromatic nitrogens is 3. The Morgan fingerprint density at radius 1 is 1.31 bits per heavy atom. The summed E-state index contributed by atoms with van der Waals surface area (Å²) in [5.41, 5.74) is 2.10. The molecule has 16 heavy (non-hydrogen) atoms. The monoisotopic (exact) mass is 280 g/mol. The van der Waals surface area contributed by atoms with E-state index >= 15 is 0 Å². The minimum absolute atomic E-state index is 0.493. The van der Waals surface area contributed by atoms with Gasteiger partial charge in [0.2, 0.25) is 0 Å². The second kappa shape index (κ2) is 4.14. The Morgan fingerprint density at radius 3 is 2.94 bits per heavy atom. The molecular formula is C11H13BrN4. The lowest BCUT2D eigenvalue weighted by Gasteiger charge is -2.22. The highest BCUT2D eigenvalue weighted by atomic mass is 79.9. The van der Waals surface area contributed by atoms with Crippen LogP contribution >= 0.6 is 15.9 Å². The third-order valence-corrected chi connectivity index (χ3v) is 3.58. The summed E-state index contributed by atoms with van der Waals surface area (Å²) < 4.78 is 3.13. The molecule has 1 fully saturated rings. The molecule has 0 radical (unpaired) electrons. The molecule has 1 aliphatic rings. The molecule has 1 N–H and O–H groups in total. The topological polar surface area (TPSA) is 42.7 Å². The zero-order valence-electron chi connectivity index (χ0n) is 8.86. The molecule has 0 saturated carbocycles. The smallest absolute Gasteiger partial charge is 0.114 e. The van der Waals surface area contributed by atoms with Crippen molar-refractivity contribution in [3.8, 4) is 0 Å². The highest BCUT2D eigenvalue weighted by molar-refractivity contribution is 9.10. The van der Waals surface area contributed by atoms with Crippen molar-refractivity contribution in [1.29, 1.82) is 0 Å². The SMILES string of the molecule is Brc1ccc2c(c1)nnn2C1CCNCC1.